The lowest BCUT2D eigenvalue weighted by molar-refractivity contribution is 0.0859. The second-order valence-electron chi connectivity index (χ2n) is 3.99. The summed E-state index contributed by atoms with van der Waals surface area (Å²) in [5, 5.41) is 17.6. The predicted octanol–water partition coefficient (Wildman–Crippen LogP) is 2.34. The molecular weight excluding hydrogens is 164 g/mol. The van der Waals surface area contributed by atoms with Gasteiger partial charge in [0, 0.05) is 0 Å². The van der Waals surface area contributed by atoms with E-state index in [0.29, 0.717) is 0 Å². The van der Waals surface area contributed by atoms with E-state index in [2.05, 4.69) is 13.8 Å². The Morgan fingerprint density at radius 3 is 2.23 bits per heavy atom. The molecule has 0 aromatic heterocycles. The van der Waals surface area contributed by atoms with Crippen LogP contribution in [0.5, 0.6) is 0 Å². The molecule has 2 nitrogen and oxygen atoms in total. The lowest BCUT2D eigenvalue weighted by Crippen LogP contribution is -2.11. The third kappa shape index (κ3) is 8.26. The molecule has 0 bridgehead atoms. The zero-order valence-corrected chi connectivity index (χ0v) is 9.00. The van der Waals surface area contributed by atoms with Crippen molar-refractivity contribution in [3.05, 3.63) is 0 Å². The normalized spacial score (nSPS) is 15.7. The lowest BCUT2D eigenvalue weighted by atomic mass is 10.00. The maximum Gasteiger partial charge on any atom is 0.0770 e. The van der Waals surface area contributed by atoms with Crippen LogP contribution in [0, 0.1) is 5.92 Å². The van der Waals surface area contributed by atoms with Gasteiger partial charge in [0.1, 0.15) is 0 Å². The minimum Gasteiger partial charge on any atom is -0.394 e. The molecule has 0 aliphatic rings. The molecule has 13 heavy (non-hydrogen) atoms. The Bertz CT molecular complexity index is 92.3. The molecule has 0 unspecified atom stereocenters. The van der Waals surface area contributed by atoms with E-state index in [1.807, 2.05) is 0 Å². The molecule has 0 spiro atoms. The van der Waals surface area contributed by atoms with E-state index in [0.717, 1.165) is 18.8 Å². The first-order chi connectivity index (χ1) is 6.20. The Hall–Kier alpha value is -0.0800. The fourth-order valence-corrected chi connectivity index (χ4v) is 1.34. The summed E-state index contributed by atoms with van der Waals surface area (Å²) in [6.07, 6.45) is 6.29. The number of aliphatic hydroxyl groups is 2. The van der Waals surface area contributed by atoms with Crippen LogP contribution in [0.3, 0.4) is 0 Å². The lowest BCUT2D eigenvalue weighted by Gasteiger charge is -2.08. The van der Waals surface area contributed by atoms with Crippen LogP contribution in [0.1, 0.15) is 52.4 Å². The van der Waals surface area contributed by atoms with E-state index in [1.54, 1.807) is 0 Å². The van der Waals surface area contributed by atoms with E-state index in [4.69, 9.17) is 10.2 Å². The maximum atomic E-state index is 9.06. The van der Waals surface area contributed by atoms with Crippen molar-refractivity contribution in [1.29, 1.82) is 0 Å². The van der Waals surface area contributed by atoms with Gasteiger partial charge >= 0.3 is 0 Å². The summed E-state index contributed by atoms with van der Waals surface area (Å²) in [4.78, 5) is 0. The zero-order valence-electron chi connectivity index (χ0n) is 9.00. The Kier molecular flexibility index (Phi) is 8.46. The quantitative estimate of drug-likeness (QED) is 0.574. The summed E-state index contributed by atoms with van der Waals surface area (Å²) in [6, 6.07) is 0. The number of hydrogen-bond donors (Lipinski definition) is 2. The van der Waals surface area contributed by atoms with E-state index in [1.165, 1.54) is 25.7 Å². The highest BCUT2D eigenvalue weighted by Crippen LogP contribution is 2.13. The summed E-state index contributed by atoms with van der Waals surface area (Å²) >= 11 is 0. The van der Waals surface area contributed by atoms with Crippen LogP contribution in [0.25, 0.3) is 0 Å². The van der Waals surface area contributed by atoms with Gasteiger partial charge in [0.2, 0.25) is 0 Å². The van der Waals surface area contributed by atoms with Gasteiger partial charge in [-0.3, -0.25) is 0 Å². The fourth-order valence-electron chi connectivity index (χ4n) is 1.34. The van der Waals surface area contributed by atoms with Crippen molar-refractivity contribution in [2.45, 2.75) is 58.5 Å². The summed E-state index contributed by atoms with van der Waals surface area (Å²) in [7, 11) is 0. The third-order valence-corrected chi connectivity index (χ3v) is 2.64. The molecule has 0 aliphatic carbocycles. The van der Waals surface area contributed by atoms with Crippen LogP contribution in [0.15, 0.2) is 0 Å². The Balaban J connectivity index is 3.08. The molecule has 2 heteroatoms. The molecule has 0 aromatic carbocycles. The highest BCUT2D eigenvalue weighted by atomic mass is 16.3. The minimum atomic E-state index is -0.497. The number of aliphatic hydroxyl groups excluding tert-OH is 2. The van der Waals surface area contributed by atoms with Gasteiger partial charge in [0.05, 0.1) is 12.7 Å². The van der Waals surface area contributed by atoms with Gasteiger partial charge in [-0.1, -0.05) is 46.0 Å². The molecule has 0 rings (SSSR count). The maximum absolute atomic E-state index is 9.06. The molecule has 2 atom stereocenters. The number of hydrogen-bond acceptors (Lipinski definition) is 2. The third-order valence-electron chi connectivity index (χ3n) is 2.64. The van der Waals surface area contributed by atoms with E-state index < -0.39 is 6.10 Å². The van der Waals surface area contributed by atoms with Crippen molar-refractivity contribution in [2.24, 2.45) is 5.92 Å². The Morgan fingerprint density at radius 2 is 1.69 bits per heavy atom. The highest BCUT2D eigenvalue weighted by molar-refractivity contribution is 4.55. The second kappa shape index (κ2) is 8.52. The molecule has 0 amide bonds. The minimum absolute atomic E-state index is 0.0919. The van der Waals surface area contributed by atoms with E-state index in [-0.39, 0.29) is 6.61 Å². The molecule has 0 radical (unpaired) electrons. The summed E-state index contributed by atoms with van der Waals surface area (Å²) < 4.78 is 0. The molecule has 80 valence electrons. The van der Waals surface area contributed by atoms with Gasteiger partial charge in [-0.25, -0.2) is 0 Å². The van der Waals surface area contributed by atoms with E-state index in [9.17, 15) is 0 Å². The first-order valence-corrected chi connectivity index (χ1v) is 5.49. The molecule has 0 aliphatic heterocycles. The topological polar surface area (TPSA) is 40.5 Å². The smallest absolute Gasteiger partial charge is 0.0770 e. The van der Waals surface area contributed by atoms with Gasteiger partial charge in [-0.15, -0.1) is 0 Å². The average molecular weight is 188 g/mol. The van der Waals surface area contributed by atoms with Crippen LogP contribution >= 0.6 is 0 Å². The standard InChI is InChI=1S/C11H24O2/c1-3-10(2)7-5-4-6-8-11(13)9-12/h10-13H,3-9H2,1-2H3/t10-,11+/m1/s1. The summed E-state index contributed by atoms with van der Waals surface area (Å²) in [5.41, 5.74) is 0. The molecule has 2 N–H and O–H groups in total. The number of rotatable bonds is 8. The van der Waals surface area contributed by atoms with Gasteiger partial charge < -0.3 is 10.2 Å². The predicted molar refractivity (Wildman–Crippen MR) is 55.6 cm³/mol. The first kappa shape index (κ1) is 12.9. The van der Waals surface area contributed by atoms with Crippen molar-refractivity contribution in [1.82, 2.24) is 0 Å². The number of unbranched alkanes of at least 4 members (excludes halogenated alkanes) is 2. The Morgan fingerprint density at radius 1 is 1.08 bits per heavy atom. The molecular formula is C11H24O2. The molecule has 0 aromatic rings. The molecule has 0 fully saturated rings. The fraction of sp³-hybridized carbons (Fsp3) is 1.00. The highest BCUT2D eigenvalue weighted by Gasteiger charge is 2.02. The van der Waals surface area contributed by atoms with Crippen molar-refractivity contribution in [3.63, 3.8) is 0 Å². The van der Waals surface area contributed by atoms with Crippen molar-refractivity contribution >= 4 is 0 Å². The van der Waals surface area contributed by atoms with Crippen molar-refractivity contribution in [3.8, 4) is 0 Å². The largest absolute Gasteiger partial charge is 0.394 e. The zero-order chi connectivity index (χ0) is 10.1. The second-order valence-corrected chi connectivity index (χ2v) is 3.99. The van der Waals surface area contributed by atoms with Crippen LogP contribution in [0.2, 0.25) is 0 Å². The van der Waals surface area contributed by atoms with Crippen molar-refractivity contribution in [2.75, 3.05) is 6.61 Å². The molecule has 0 heterocycles. The van der Waals surface area contributed by atoms with Crippen LogP contribution in [-0.4, -0.2) is 22.9 Å². The first-order valence-electron chi connectivity index (χ1n) is 5.49. The van der Waals surface area contributed by atoms with Crippen LogP contribution < -0.4 is 0 Å². The van der Waals surface area contributed by atoms with Gasteiger partial charge in [-0.2, -0.15) is 0 Å². The van der Waals surface area contributed by atoms with Crippen LogP contribution in [-0.2, 0) is 0 Å². The average Bonchev–Trinajstić information content (AvgIpc) is 2.16. The summed E-state index contributed by atoms with van der Waals surface area (Å²) in [5.74, 6) is 0.836. The van der Waals surface area contributed by atoms with Crippen molar-refractivity contribution < 1.29 is 10.2 Å². The molecule has 0 saturated carbocycles. The van der Waals surface area contributed by atoms with Gasteiger partial charge in [0.15, 0.2) is 0 Å². The van der Waals surface area contributed by atoms with Crippen LogP contribution in [0.4, 0.5) is 0 Å². The van der Waals surface area contributed by atoms with Gasteiger partial charge in [0.25, 0.3) is 0 Å². The van der Waals surface area contributed by atoms with Gasteiger partial charge in [-0.05, 0) is 12.3 Å². The SMILES string of the molecule is CC[C@@H](C)CCCCC[C@H](O)CO. The monoisotopic (exact) mass is 188 g/mol. The Labute approximate surface area is 82.0 Å². The summed E-state index contributed by atoms with van der Waals surface area (Å²) in [6.45, 7) is 4.41. The molecule has 0 saturated heterocycles. The van der Waals surface area contributed by atoms with E-state index >= 15 is 0 Å².